The van der Waals surface area contributed by atoms with E-state index >= 15 is 0 Å². The summed E-state index contributed by atoms with van der Waals surface area (Å²) in [5.41, 5.74) is 0.806. The molecule has 9 heteroatoms. The van der Waals surface area contributed by atoms with Gasteiger partial charge in [0, 0.05) is 12.7 Å². The van der Waals surface area contributed by atoms with E-state index in [1.54, 1.807) is 6.08 Å². The van der Waals surface area contributed by atoms with Crippen LogP contribution in [0.25, 0.3) is 6.08 Å². The average Bonchev–Trinajstić information content (AvgIpc) is 2.97. The van der Waals surface area contributed by atoms with Crippen molar-refractivity contribution in [3.63, 3.8) is 0 Å². The molecule has 2 aromatic rings. The van der Waals surface area contributed by atoms with E-state index in [1.807, 2.05) is 58.0 Å². The first-order chi connectivity index (χ1) is 15.1. The fraction of sp³-hybridized carbons (Fsp3) is 0.348. The molecule has 8 nitrogen and oxygen atoms in total. The van der Waals surface area contributed by atoms with Crippen molar-refractivity contribution in [3.05, 3.63) is 71.0 Å². The van der Waals surface area contributed by atoms with E-state index in [2.05, 4.69) is 10.3 Å². The topological polar surface area (TPSA) is 107 Å². The van der Waals surface area contributed by atoms with E-state index in [1.165, 1.54) is 18.3 Å². The van der Waals surface area contributed by atoms with Crippen molar-refractivity contribution < 1.29 is 28.7 Å². The summed E-state index contributed by atoms with van der Waals surface area (Å²) in [4.78, 5) is 27.8. The Balaban J connectivity index is 1.76. The molecule has 0 aliphatic carbocycles. The van der Waals surface area contributed by atoms with E-state index < -0.39 is 30.4 Å². The number of amides is 1. The zero-order valence-electron chi connectivity index (χ0n) is 18.6. The predicted octanol–water partition coefficient (Wildman–Crippen LogP) is 3.72. The van der Waals surface area contributed by atoms with Crippen LogP contribution in [0.5, 0.6) is 0 Å². The molecular weight excluding hydrogens is 411 g/mol. The van der Waals surface area contributed by atoms with E-state index in [9.17, 15) is 14.7 Å². The van der Waals surface area contributed by atoms with Crippen LogP contribution in [0.1, 0.15) is 49.3 Å². The third kappa shape index (κ3) is 5.75. The Morgan fingerprint density at radius 2 is 1.78 bits per heavy atom. The number of pyridine rings is 1. The van der Waals surface area contributed by atoms with Gasteiger partial charge in [0.1, 0.15) is 6.61 Å². The van der Waals surface area contributed by atoms with Crippen LogP contribution in [0, 0.1) is 0 Å². The molecule has 0 spiro atoms. The molecule has 1 aromatic carbocycles. The van der Waals surface area contributed by atoms with Crippen molar-refractivity contribution in [2.24, 2.45) is 0 Å². The molecular formula is C23H27BN2O6. The number of carbonyl (C=O) groups excluding carboxylic acids is 1. The summed E-state index contributed by atoms with van der Waals surface area (Å²) >= 11 is 0. The van der Waals surface area contributed by atoms with Gasteiger partial charge in [-0.1, -0.05) is 30.3 Å². The Morgan fingerprint density at radius 3 is 2.41 bits per heavy atom. The molecule has 0 atom stereocenters. The first-order valence-electron chi connectivity index (χ1n) is 10.3. The Kier molecular flexibility index (Phi) is 7.01. The number of carboxylic acid groups (broad SMARTS) is 1. The molecule has 0 saturated carbocycles. The van der Waals surface area contributed by atoms with Crippen LogP contribution in [0.15, 0.2) is 54.1 Å². The molecule has 1 aliphatic rings. The zero-order chi connectivity index (χ0) is 23.4. The van der Waals surface area contributed by atoms with Gasteiger partial charge in [-0.3, -0.25) is 4.98 Å². The highest BCUT2D eigenvalue weighted by atomic mass is 16.7. The second-order valence-electron chi connectivity index (χ2n) is 8.50. The van der Waals surface area contributed by atoms with Crippen molar-refractivity contribution in [1.82, 2.24) is 10.3 Å². The third-order valence-electron chi connectivity index (χ3n) is 5.57. The molecule has 0 unspecified atom stereocenters. The number of ether oxygens (including phenoxy) is 1. The molecule has 32 heavy (non-hydrogen) atoms. The number of hydrogen-bond donors (Lipinski definition) is 2. The zero-order valence-corrected chi connectivity index (χ0v) is 18.6. The highest BCUT2D eigenvalue weighted by Gasteiger charge is 2.52. The van der Waals surface area contributed by atoms with Gasteiger partial charge in [-0.25, -0.2) is 9.59 Å². The van der Waals surface area contributed by atoms with Crippen LogP contribution in [-0.4, -0.2) is 47.0 Å². The van der Waals surface area contributed by atoms with E-state index in [-0.39, 0.29) is 18.7 Å². The first kappa shape index (κ1) is 23.5. The lowest BCUT2D eigenvalue weighted by Crippen LogP contribution is -2.41. The quantitative estimate of drug-likeness (QED) is 0.635. The monoisotopic (exact) mass is 438 g/mol. The highest BCUT2D eigenvalue weighted by molar-refractivity contribution is 6.56. The van der Waals surface area contributed by atoms with Gasteiger partial charge in [0.15, 0.2) is 0 Å². The van der Waals surface area contributed by atoms with Crippen molar-refractivity contribution >= 4 is 25.3 Å². The molecule has 0 radical (unpaired) electrons. The van der Waals surface area contributed by atoms with Crippen molar-refractivity contribution in [1.29, 1.82) is 0 Å². The van der Waals surface area contributed by atoms with Crippen molar-refractivity contribution in [2.75, 3.05) is 6.54 Å². The standard InChI is InChI=1S/C23H27BN2O6/c1-22(2)23(3,4)32-24(31-22)18(13-19-12-17(20(27)28)10-11-25-19)14-26-21(29)30-15-16-8-6-5-7-9-16/h5-13H,14-15H2,1-4H3,(H,26,29)(H,27,28). The molecule has 1 saturated heterocycles. The van der Waals surface area contributed by atoms with E-state index in [4.69, 9.17) is 14.0 Å². The molecule has 1 amide bonds. The summed E-state index contributed by atoms with van der Waals surface area (Å²) in [6, 6.07) is 12.2. The number of rotatable bonds is 7. The van der Waals surface area contributed by atoms with Crippen molar-refractivity contribution in [2.45, 2.75) is 45.5 Å². The molecule has 1 aliphatic heterocycles. The van der Waals surface area contributed by atoms with Gasteiger partial charge in [0.05, 0.1) is 22.5 Å². The maximum Gasteiger partial charge on any atom is 0.492 e. The fourth-order valence-corrected chi connectivity index (χ4v) is 3.00. The third-order valence-corrected chi connectivity index (χ3v) is 5.57. The van der Waals surface area contributed by atoms with Crippen LogP contribution in [0.2, 0.25) is 0 Å². The number of carbonyl (C=O) groups is 2. The molecule has 1 fully saturated rings. The number of aromatic nitrogens is 1. The number of benzene rings is 1. The Hall–Kier alpha value is -3.17. The lowest BCUT2D eigenvalue weighted by atomic mass is 9.77. The lowest BCUT2D eigenvalue weighted by Gasteiger charge is -2.32. The van der Waals surface area contributed by atoms with E-state index in [0.29, 0.717) is 11.2 Å². The summed E-state index contributed by atoms with van der Waals surface area (Å²) in [5, 5.41) is 12.0. The Labute approximate surface area is 187 Å². The number of alkyl carbamates (subject to hydrolysis) is 1. The number of hydrogen-bond acceptors (Lipinski definition) is 6. The average molecular weight is 438 g/mol. The van der Waals surface area contributed by atoms with Gasteiger partial charge < -0.3 is 24.5 Å². The number of nitrogens with one attached hydrogen (secondary N) is 1. The van der Waals surface area contributed by atoms with Crippen LogP contribution in [0.4, 0.5) is 4.79 Å². The molecule has 3 rings (SSSR count). The SMILES string of the molecule is CC1(C)OB(C(=Cc2cc(C(=O)O)ccn2)CNC(=O)OCc2ccccc2)OC1(C)C. The van der Waals surface area contributed by atoms with Crippen LogP contribution in [-0.2, 0) is 20.7 Å². The van der Waals surface area contributed by atoms with Crippen LogP contribution in [0.3, 0.4) is 0 Å². The normalized spacial score (nSPS) is 17.1. The summed E-state index contributed by atoms with van der Waals surface area (Å²) in [5.74, 6) is -1.05. The summed E-state index contributed by atoms with van der Waals surface area (Å²) in [6.07, 6.45) is 2.48. The van der Waals surface area contributed by atoms with Gasteiger partial charge in [0.25, 0.3) is 0 Å². The Morgan fingerprint density at radius 1 is 1.12 bits per heavy atom. The van der Waals surface area contributed by atoms with Gasteiger partial charge >= 0.3 is 19.2 Å². The molecule has 2 heterocycles. The Bertz CT molecular complexity index is 991. The predicted molar refractivity (Wildman–Crippen MR) is 120 cm³/mol. The van der Waals surface area contributed by atoms with Gasteiger partial charge in [-0.05, 0) is 56.9 Å². The molecule has 0 bridgehead atoms. The minimum absolute atomic E-state index is 0.0728. The highest BCUT2D eigenvalue weighted by Crippen LogP contribution is 2.38. The molecule has 2 N–H and O–H groups in total. The second kappa shape index (κ2) is 9.54. The largest absolute Gasteiger partial charge is 0.492 e. The number of aromatic carboxylic acids is 1. The minimum atomic E-state index is -1.05. The summed E-state index contributed by atoms with van der Waals surface area (Å²) in [7, 11) is -0.746. The minimum Gasteiger partial charge on any atom is -0.478 e. The van der Waals surface area contributed by atoms with Gasteiger partial charge in [-0.15, -0.1) is 0 Å². The van der Waals surface area contributed by atoms with E-state index in [0.717, 1.165) is 5.56 Å². The second-order valence-corrected chi connectivity index (χ2v) is 8.50. The molecule has 1 aromatic heterocycles. The van der Waals surface area contributed by atoms with Gasteiger partial charge in [0.2, 0.25) is 0 Å². The van der Waals surface area contributed by atoms with Crippen molar-refractivity contribution in [3.8, 4) is 0 Å². The lowest BCUT2D eigenvalue weighted by molar-refractivity contribution is 0.00578. The molecule has 168 valence electrons. The smallest absolute Gasteiger partial charge is 0.478 e. The van der Waals surface area contributed by atoms with Gasteiger partial charge in [-0.2, -0.15) is 0 Å². The number of carboxylic acids is 1. The van der Waals surface area contributed by atoms with Crippen LogP contribution < -0.4 is 5.32 Å². The maximum absolute atomic E-state index is 12.3. The van der Waals surface area contributed by atoms with Crippen LogP contribution >= 0.6 is 0 Å². The summed E-state index contributed by atoms with van der Waals surface area (Å²) in [6.45, 7) is 7.92. The first-order valence-corrected chi connectivity index (χ1v) is 10.3. The fourth-order valence-electron chi connectivity index (χ4n) is 3.00. The maximum atomic E-state index is 12.3. The number of nitrogens with zero attached hydrogens (tertiary/aromatic N) is 1. The summed E-state index contributed by atoms with van der Waals surface area (Å²) < 4.78 is 17.5.